The molecule has 0 radical (unpaired) electrons. The zero-order valence-corrected chi connectivity index (χ0v) is 12.1. The first kappa shape index (κ1) is 16.5. The van der Waals surface area contributed by atoms with Crippen molar-refractivity contribution in [2.75, 3.05) is 13.2 Å². The third-order valence-corrected chi connectivity index (χ3v) is 3.47. The van der Waals surface area contributed by atoms with Crippen LogP contribution in [0.3, 0.4) is 0 Å². The van der Waals surface area contributed by atoms with Gasteiger partial charge in [0, 0.05) is 11.1 Å². The van der Waals surface area contributed by atoms with Gasteiger partial charge in [-0.3, -0.25) is 0 Å². The molecule has 0 aliphatic rings. The third-order valence-electron chi connectivity index (χ3n) is 3.47. The van der Waals surface area contributed by atoms with Crippen LogP contribution in [0.2, 0.25) is 0 Å². The number of alkyl halides is 3. The van der Waals surface area contributed by atoms with Crippen molar-refractivity contribution in [1.82, 2.24) is 0 Å². The Morgan fingerprint density at radius 1 is 0.864 bits per heavy atom. The first-order chi connectivity index (χ1) is 10.5. The third kappa shape index (κ3) is 4.86. The van der Waals surface area contributed by atoms with E-state index in [0.29, 0.717) is 25.2 Å². The largest absolute Gasteiger partial charge is 0.416 e. The molecule has 0 aromatic heterocycles. The van der Waals surface area contributed by atoms with Gasteiger partial charge in [0.2, 0.25) is 0 Å². The van der Waals surface area contributed by atoms with Gasteiger partial charge in [-0.05, 0) is 12.1 Å². The van der Waals surface area contributed by atoms with Gasteiger partial charge in [0.15, 0.2) is 0 Å². The summed E-state index contributed by atoms with van der Waals surface area (Å²) in [6.45, 7) is 1.60. The second kappa shape index (κ2) is 7.42. The Kier molecular flexibility index (Phi) is 5.57. The van der Waals surface area contributed by atoms with Crippen LogP contribution in [0.5, 0.6) is 0 Å². The minimum atomic E-state index is -4.33. The fourth-order valence-corrected chi connectivity index (χ4v) is 2.43. The van der Waals surface area contributed by atoms with Crippen molar-refractivity contribution in [3.8, 4) is 0 Å². The molecule has 0 amide bonds. The van der Waals surface area contributed by atoms with Gasteiger partial charge in [0.1, 0.15) is 19.6 Å². The average molecular weight is 310 g/mol. The normalized spacial score (nSPS) is 13.1. The molecule has 0 bridgehead atoms. The Hall–Kier alpha value is -1.85. The van der Waals surface area contributed by atoms with Crippen molar-refractivity contribution in [1.29, 1.82) is 0 Å². The minimum Gasteiger partial charge on any atom is -0.391 e. The highest BCUT2D eigenvalue weighted by molar-refractivity contribution is 5.25. The van der Waals surface area contributed by atoms with Gasteiger partial charge in [-0.25, -0.2) is 0 Å². The van der Waals surface area contributed by atoms with Gasteiger partial charge in [-0.1, -0.05) is 42.5 Å². The van der Waals surface area contributed by atoms with E-state index in [2.05, 4.69) is 0 Å². The molecule has 0 aliphatic heterocycles. The zero-order valence-electron chi connectivity index (χ0n) is 12.1. The summed E-state index contributed by atoms with van der Waals surface area (Å²) in [7, 11) is 0. The molecule has 0 saturated carbocycles. The van der Waals surface area contributed by atoms with Gasteiger partial charge in [-0.2, -0.15) is 13.2 Å². The van der Waals surface area contributed by atoms with Crippen LogP contribution in [0.1, 0.15) is 16.7 Å². The number of benzene rings is 2. The highest BCUT2D eigenvalue weighted by Crippen LogP contribution is 2.29. The molecule has 118 valence electrons. The topological polar surface area (TPSA) is 24.7 Å². The summed E-state index contributed by atoms with van der Waals surface area (Å²) in [5.74, 6) is 0. The van der Waals surface area contributed by atoms with Crippen molar-refractivity contribution in [3.05, 3.63) is 71.3 Å². The van der Waals surface area contributed by atoms with Crippen LogP contribution in [-0.2, 0) is 19.3 Å². The summed E-state index contributed by atoms with van der Waals surface area (Å²) in [5.41, 5.74) is 1.08. The van der Waals surface area contributed by atoms with Crippen molar-refractivity contribution < 1.29 is 23.2 Å². The molecular weight excluding hydrogens is 291 g/mol. The van der Waals surface area contributed by atoms with E-state index in [1.54, 1.807) is 6.07 Å². The molecule has 1 atom stereocenters. The van der Waals surface area contributed by atoms with E-state index in [0.717, 1.165) is 16.5 Å². The van der Waals surface area contributed by atoms with Crippen molar-refractivity contribution in [2.45, 2.75) is 19.3 Å². The number of nitrogens with one attached hydrogen (secondary N) is 1. The fourth-order valence-electron chi connectivity index (χ4n) is 2.43. The number of hydrogen-bond donors (Lipinski definition) is 2. The number of hydrogen-bond acceptors (Lipinski definition) is 1. The maximum absolute atomic E-state index is 12.8. The van der Waals surface area contributed by atoms with Crippen LogP contribution in [0, 0.1) is 0 Å². The van der Waals surface area contributed by atoms with E-state index in [1.165, 1.54) is 12.1 Å². The van der Waals surface area contributed by atoms with E-state index >= 15 is 0 Å². The standard InChI is InChI=1S/C17H18F3NO/c18-17(19,20)16-8-4-7-15(11-16)13-21(9-10-22)12-14-5-2-1-3-6-14/h1-8,11,22H,9-10,12-13H2/p+1. The second-order valence-corrected chi connectivity index (χ2v) is 5.26. The van der Waals surface area contributed by atoms with Gasteiger partial charge in [-0.15, -0.1) is 0 Å². The average Bonchev–Trinajstić information content (AvgIpc) is 2.48. The molecule has 2 rings (SSSR count). The summed E-state index contributed by atoms with van der Waals surface area (Å²) < 4.78 is 38.3. The van der Waals surface area contributed by atoms with Crippen molar-refractivity contribution in [3.63, 3.8) is 0 Å². The number of aliphatic hydroxyl groups excluding tert-OH is 1. The molecule has 0 saturated heterocycles. The quantitative estimate of drug-likeness (QED) is 0.841. The van der Waals surface area contributed by atoms with Crippen LogP contribution in [0.25, 0.3) is 0 Å². The van der Waals surface area contributed by atoms with Gasteiger partial charge in [0.05, 0.1) is 12.2 Å². The Morgan fingerprint density at radius 3 is 2.14 bits per heavy atom. The molecule has 0 aliphatic carbocycles. The lowest BCUT2D eigenvalue weighted by Crippen LogP contribution is -3.09. The first-order valence-corrected chi connectivity index (χ1v) is 7.13. The fraction of sp³-hybridized carbons (Fsp3) is 0.294. The minimum absolute atomic E-state index is 0.00112. The maximum Gasteiger partial charge on any atom is 0.416 e. The van der Waals surface area contributed by atoms with Crippen LogP contribution in [-0.4, -0.2) is 18.3 Å². The summed E-state index contributed by atoms with van der Waals surface area (Å²) >= 11 is 0. The van der Waals surface area contributed by atoms with Gasteiger partial charge < -0.3 is 10.0 Å². The Bertz CT molecular complexity index is 584. The van der Waals surface area contributed by atoms with E-state index in [1.807, 2.05) is 30.3 Å². The number of halogens is 3. The number of aliphatic hydroxyl groups is 1. The van der Waals surface area contributed by atoms with Gasteiger partial charge >= 0.3 is 6.18 Å². The number of rotatable bonds is 6. The van der Waals surface area contributed by atoms with Gasteiger partial charge in [0.25, 0.3) is 0 Å². The molecule has 2 N–H and O–H groups in total. The van der Waals surface area contributed by atoms with Crippen LogP contribution in [0.4, 0.5) is 13.2 Å². The molecule has 0 spiro atoms. The van der Waals surface area contributed by atoms with E-state index < -0.39 is 11.7 Å². The predicted octanol–water partition coefficient (Wildman–Crippen LogP) is 2.28. The van der Waals surface area contributed by atoms with E-state index in [9.17, 15) is 18.3 Å². The summed E-state index contributed by atoms with van der Waals surface area (Å²) in [4.78, 5) is 1.02. The summed E-state index contributed by atoms with van der Waals surface area (Å²) in [5, 5.41) is 9.18. The smallest absolute Gasteiger partial charge is 0.391 e. The van der Waals surface area contributed by atoms with Crippen LogP contribution in [0.15, 0.2) is 54.6 Å². The molecule has 2 nitrogen and oxygen atoms in total. The molecular formula is C17H19F3NO+. The SMILES string of the molecule is OCC[NH+](Cc1ccccc1)Cc1cccc(C(F)(F)F)c1. The van der Waals surface area contributed by atoms with E-state index in [4.69, 9.17) is 0 Å². The molecule has 1 unspecified atom stereocenters. The maximum atomic E-state index is 12.8. The Morgan fingerprint density at radius 2 is 1.50 bits per heavy atom. The van der Waals surface area contributed by atoms with E-state index in [-0.39, 0.29) is 6.61 Å². The molecule has 2 aromatic carbocycles. The molecule has 2 aromatic rings. The van der Waals surface area contributed by atoms with Crippen LogP contribution < -0.4 is 4.90 Å². The highest BCUT2D eigenvalue weighted by Gasteiger charge is 2.30. The molecule has 0 fully saturated rings. The lowest BCUT2D eigenvalue weighted by atomic mass is 10.1. The Labute approximate surface area is 127 Å². The molecule has 0 heterocycles. The summed E-state index contributed by atoms with van der Waals surface area (Å²) in [6.07, 6.45) is -4.33. The summed E-state index contributed by atoms with van der Waals surface area (Å²) in [6, 6.07) is 15.1. The molecule has 22 heavy (non-hydrogen) atoms. The lowest BCUT2D eigenvalue weighted by molar-refractivity contribution is -0.927. The van der Waals surface area contributed by atoms with Crippen molar-refractivity contribution >= 4 is 0 Å². The second-order valence-electron chi connectivity index (χ2n) is 5.26. The number of quaternary nitrogens is 1. The monoisotopic (exact) mass is 310 g/mol. The first-order valence-electron chi connectivity index (χ1n) is 7.13. The highest BCUT2D eigenvalue weighted by atomic mass is 19.4. The van der Waals surface area contributed by atoms with Crippen molar-refractivity contribution in [2.24, 2.45) is 0 Å². The lowest BCUT2D eigenvalue weighted by Gasteiger charge is -2.19. The Balaban J connectivity index is 2.11. The predicted molar refractivity (Wildman–Crippen MR) is 78.2 cm³/mol. The zero-order chi connectivity index (χ0) is 16.0. The van der Waals surface area contributed by atoms with Crippen LogP contribution >= 0.6 is 0 Å². The molecule has 5 heteroatoms.